The quantitative estimate of drug-likeness (QED) is 0.0247. The summed E-state index contributed by atoms with van der Waals surface area (Å²) in [6.45, 7) is 1.28. The van der Waals surface area contributed by atoms with Gasteiger partial charge in [0.05, 0.1) is 0 Å². The van der Waals surface area contributed by atoms with Crippen LogP contribution in [0.3, 0.4) is 0 Å². The van der Waals surface area contributed by atoms with Gasteiger partial charge in [-0.15, -0.1) is 0 Å². The third-order valence-electron chi connectivity index (χ3n) is 24.1. The van der Waals surface area contributed by atoms with E-state index < -0.39 is 65.8 Å². The van der Waals surface area contributed by atoms with Crippen molar-refractivity contribution < 1.29 is 0 Å². The number of rotatable bonds is 20. The zero-order valence-electron chi connectivity index (χ0n) is 61.7. The molecule has 2 nitrogen and oxygen atoms in total. The Morgan fingerprint density at radius 3 is 0.541 bits per heavy atom. The molecule has 14 aromatic rings. The fourth-order valence-electron chi connectivity index (χ4n) is 19.3. The summed E-state index contributed by atoms with van der Waals surface area (Å²) in [6.07, 6.45) is 0. The first-order chi connectivity index (χ1) is 53.8. The maximum absolute atomic E-state index is 10.9. The Hall–Kier alpha value is -7.06. The van der Waals surface area contributed by atoms with Crippen LogP contribution in [0.4, 0.5) is 11.4 Å². The summed E-state index contributed by atoms with van der Waals surface area (Å²) in [5, 5.41) is 3.66. The van der Waals surface area contributed by atoms with Gasteiger partial charge in [0.2, 0.25) is 0 Å². The monoisotopic (exact) mass is 1720 g/mol. The molecule has 0 unspecified atom stereocenters. The van der Waals surface area contributed by atoms with Gasteiger partial charge in [-0.1, -0.05) is 0 Å². The van der Waals surface area contributed by atoms with Crippen LogP contribution in [0.2, 0.25) is 0 Å². The third kappa shape index (κ3) is 10.6. The Labute approximate surface area is 694 Å². The number of hydrogen-bond acceptors (Lipinski definition) is 2. The van der Waals surface area contributed by atoms with Gasteiger partial charge in [0.25, 0.3) is 0 Å². The molecular weight excluding hydrogens is 1640 g/mol. The number of benzene rings is 14. The fourth-order valence-corrected chi connectivity index (χ4v) is 443. The summed E-state index contributed by atoms with van der Waals surface area (Å²) in [5.41, 5.74) is -11.8. The van der Waals surface area contributed by atoms with Crippen LogP contribution in [0.5, 0.6) is 0 Å². The minimum atomic E-state index is -6.30. The summed E-state index contributed by atoms with van der Waals surface area (Å²) >= 11 is 82.5. The number of nitrogens with zero attached hydrogens (tertiary/aromatic N) is 2. The molecule has 554 valence electrons. The van der Waals surface area contributed by atoms with E-state index in [4.69, 9.17) is 0 Å². The predicted molar refractivity (Wildman–Crippen MR) is 495 cm³/mol. The van der Waals surface area contributed by atoms with Crippen molar-refractivity contribution >= 4 is 163 Å². The molecule has 111 heavy (non-hydrogen) atoms. The van der Waals surface area contributed by atoms with E-state index in [1.165, 1.54) is 0 Å². The molecule has 2 spiro atoms. The number of hydrogen-bond donors (Lipinski definition) is 0. The van der Waals surface area contributed by atoms with Gasteiger partial charge in [-0.2, -0.15) is 0 Å². The Balaban J connectivity index is 1.13. The van der Waals surface area contributed by atoms with Crippen LogP contribution >= 0.6 is 103 Å². The molecule has 14 aromatic carbocycles. The maximum atomic E-state index is 10.9. The molecule has 0 radical (unpaired) electrons. The molecule has 0 N–H and O–H groups in total. The van der Waals surface area contributed by atoms with Gasteiger partial charge in [-0.3, -0.25) is 0 Å². The Kier molecular flexibility index (Phi) is 20.2. The fraction of sp³-hybridized carbons (Fsp3) is 0.106. The molecule has 3 aliphatic heterocycles. The van der Waals surface area contributed by atoms with Crippen molar-refractivity contribution in [1.82, 2.24) is 0 Å². The Morgan fingerprint density at radius 1 is 0.234 bits per heavy atom. The van der Waals surface area contributed by atoms with Gasteiger partial charge in [-0.25, -0.2) is 0 Å². The van der Waals surface area contributed by atoms with Crippen molar-refractivity contribution in [3.63, 3.8) is 0 Å². The molecule has 0 bridgehead atoms. The van der Waals surface area contributed by atoms with Crippen LogP contribution in [-0.2, 0) is 0 Å². The average Bonchev–Trinajstić information content (AvgIpc) is 1.34. The summed E-state index contributed by atoms with van der Waals surface area (Å²) < 4.78 is 5.29. The number of halogens is 8. The standard InChI is InChI=1S/C94H82Cl8N2P2Si5/c1-69(2)79-65-85(89(71-41-17-5-18-42-71)72-43-19-6-20-44-72)93(86(66-79)90(73-45-21-7-22-46-73)74-47-23-8-24-48-74)103-105(81-57-33-13-34-58-81,82-59-35-14-36-60-82)110(103,101)107(95,96)108(97,98)111(102,109(110,99)100)104(106(111,83-61-37-15-38-62-83)84-63-39-16-40-64-84)94-87(91(75-49-25-9-26-50-75)76-51-27-10-28-52-76)67-80(70(3)4)68-88(94)92(77-53-29-11-30-54-77)78-55-31-12-32-56-78/h5-70,89-92H,1-4H3. The van der Waals surface area contributed by atoms with E-state index >= 15 is 0 Å². The molecule has 3 aliphatic rings. The van der Waals surface area contributed by atoms with E-state index in [0.717, 1.165) is 110 Å². The molecule has 17 rings (SSSR count). The zero-order chi connectivity index (χ0) is 76.8. The van der Waals surface area contributed by atoms with Crippen LogP contribution in [0.1, 0.15) is 141 Å². The number of anilines is 2. The SMILES string of the molecule is CC(C)c1cc(C(c2ccccc2)c2ccccc2)c(N2[P+](c3ccccc3)(c3ccccc3)[Si-]23(Cl)[Si](Cl)(Cl)[Si](Cl)(Cl)[Si-]2(Cl)(N(c4c(C(c5ccccc5)c5ccccc5)cc(C(C)C)cc4C(c4ccccc4)c4ccccc4)[P+]2(c2ccccc2)c2ccccc2)[Si]3(Cl)Cl)c(C(c2ccccc2)c2ccccc2)c1. The molecule has 3 saturated heterocycles. The normalized spacial score (nSPS) is 18.2. The van der Waals surface area contributed by atoms with Crippen LogP contribution in [0.15, 0.2) is 388 Å². The summed E-state index contributed by atoms with van der Waals surface area (Å²) in [5.74, 6) is -1.76. The Morgan fingerprint density at radius 2 is 0.387 bits per heavy atom. The predicted octanol–water partition coefficient (Wildman–Crippen LogP) is 26.6. The van der Waals surface area contributed by atoms with Crippen LogP contribution < -0.4 is 29.9 Å². The van der Waals surface area contributed by atoms with Crippen molar-refractivity contribution in [2.24, 2.45) is 0 Å². The first kappa shape index (κ1) is 76.6. The van der Waals surface area contributed by atoms with Gasteiger partial charge < -0.3 is 0 Å². The van der Waals surface area contributed by atoms with E-state index in [-0.39, 0.29) is 11.8 Å². The second kappa shape index (κ2) is 29.3. The molecule has 17 heteroatoms. The van der Waals surface area contributed by atoms with Crippen molar-refractivity contribution in [2.75, 3.05) is 8.67 Å². The summed E-state index contributed by atoms with van der Waals surface area (Å²) in [4.78, 5) is 0. The van der Waals surface area contributed by atoms with Crippen molar-refractivity contribution in [1.29, 1.82) is 0 Å². The molecule has 0 aromatic heterocycles. The first-order valence-corrected chi connectivity index (χ1v) is 67.1. The zero-order valence-corrected chi connectivity index (χ0v) is 74.6. The van der Waals surface area contributed by atoms with E-state index in [9.17, 15) is 88.6 Å². The van der Waals surface area contributed by atoms with Gasteiger partial charge in [-0.05, 0) is 0 Å². The molecule has 0 aliphatic carbocycles. The van der Waals surface area contributed by atoms with Crippen LogP contribution in [0, 0.1) is 0 Å². The molecular formula is C94H82Cl8N2P2Si5. The second-order valence-corrected chi connectivity index (χ2v) is 125. The Bertz CT molecular complexity index is 4900. The van der Waals surface area contributed by atoms with Crippen molar-refractivity contribution in [3.8, 4) is 0 Å². The van der Waals surface area contributed by atoms with Crippen molar-refractivity contribution in [2.45, 2.75) is 63.2 Å². The molecule has 3 fully saturated rings. The topological polar surface area (TPSA) is 6.02 Å². The van der Waals surface area contributed by atoms with Crippen molar-refractivity contribution in [3.05, 3.63) is 466 Å². The second-order valence-electron chi connectivity index (χ2n) is 30.4. The van der Waals surface area contributed by atoms with Gasteiger partial charge in [0.1, 0.15) is 0 Å². The molecule has 3 heterocycles. The van der Waals surface area contributed by atoms with Gasteiger partial charge in [0.15, 0.2) is 0 Å². The van der Waals surface area contributed by atoms with E-state index in [0.29, 0.717) is 0 Å². The van der Waals surface area contributed by atoms with Crippen LogP contribution in [-0.4, -0.2) is 28.2 Å². The summed E-state index contributed by atoms with van der Waals surface area (Å²) in [6, 6.07) is 140. The van der Waals surface area contributed by atoms with E-state index in [1.54, 1.807) is 0 Å². The third-order valence-corrected chi connectivity index (χ3v) is 251. The minimum absolute atomic E-state index is 0.0213. The van der Waals surface area contributed by atoms with E-state index in [1.807, 2.05) is 0 Å². The van der Waals surface area contributed by atoms with Gasteiger partial charge >= 0.3 is 701 Å². The summed E-state index contributed by atoms with van der Waals surface area (Å²) in [7, 11) is 0. The molecule has 0 amide bonds. The van der Waals surface area contributed by atoms with Gasteiger partial charge in [0, 0.05) is 0 Å². The first-order valence-electron chi connectivity index (χ1n) is 38.0. The average molecular weight is 1730 g/mol. The molecule has 0 atom stereocenters. The van der Waals surface area contributed by atoms with E-state index in [2.05, 4.69) is 425 Å². The van der Waals surface area contributed by atoms with Crippen LogP contribution in [0.25, 0.3) is 0 Å². The molecule has 0 saturated carbocycles.